The molecule has 0 rings (SSSR count). The molecule has 0 saturated carbocycles. The van der Waals surface area contributed by atoms with E-state index >= 15 is 0 Å². The molecule has 0 heterocycles. The minimum Gasteiger partial charge on any atom is -0.329 e. The molecule has 0 bridgehead atoms. The molecule has 1 N–H and O–H groups in total. The van der Waals surface area contributed by atoms with Crippen LogP contribution < -0.4 is 0 Å². The molecule has 1 nitrogen and oxygen atoms in total. The normalized spacial score (nSPS) is 12.0. The van der Waals surface area contributed by atoms with Gasteiger partial charge in [0.1, 0.15) is 0 Å². The lowest BCUT2D eigenvalue weighted by Gasteiger charge is -2.31. The second-order valence-electron chi connectivity index (χ2n) is 6.00. The van der Waals surface area contributed by atoms with Crippen LogP contribution in [0.4, 0.5) is 0 Å². The summed E-state index contributed by atoms with van der Waals surface area (Å²) in [4.78, 5) is 0. The molecule has 116 valence electrons. The summed E-state index contributed by atoms with van der Waals surface area (Å²) in [6.07, 6.45) is 16.6. The van der Waals surface area contributed by atoms with Gasteiger partial charge in [-0.2, -0.15) is 0 Å². The molecule has 19 heavy (non-hydrogen) atoms. The van der Waals surface area contributed by atoms with Crippen LogP contribution in [0, 0.1) is 0 Å². The molecule has 0 aliphatic carbocycles. The van der Waals surface area contributed by atoms with Crippen molar-refractivity contribution >= 4 is 12.0 Å². The van der Waals surface area contributed by atoms with Crippen molar-refractivity contribution in [3.05, 3.63) is 0 Å². The molecule has 0 aliphatic rings. The van der Waals surface area contributed by atoms with E-state index in [0.29, 0.717) is 0 Å². The topological polar surface area (TPSA) is 20.2 Å². The van der Waals surface area contributed by atoms with Gasteiger partial charge in [0.2, 0.25) is 0 Å². The van der Waals surface area contributed by atoms with Gasteiger partial charge in [-0.05, 0) is 31.3 Å². The van der Waals surface area contributed by atoms with Crippen LogP contribution in [0.15, 0.2) is 0 Å². The molecule has 0 aromatic heterocycles. The van der Waals surface area contributed by atoms with Crippen molar-refractivity contribution < 1.29 is 4.55 Å². The van der Waals surface area contributed by atoms with Crippen LogP contribution >= 0.6 is 12.0 Å². The maximum absolute atomic E-state index is 9.85. The Morgan fingerprint density at radius 2 is 1.00 bits per heavy atom. The number of hydrogen-bond acceptors (Lipinski definition) is 2. The Labute approximate surface area is 126 Å². The monoisotopic (exact) mass is 288 g/mol. The van der Waals surface area contributed by atoms with Gasteiger partial charge in [0.15, 0.2) is 0 Å². The highest BCUT2D eigenvalue weighted by Gasteiger charge is 2.29. The van der Waals surface area contributed by atoms with Gasteiger partial charge >= 0.3 is 0 Å². The van der Waals surface area contributed by atoms with Crippen LogP contribution in [-0.2, 0) is 0 Å². The number of rotatable bonds is 14. The minimum atomic E-state index is 0.165. The Bertz CT molecular complexity index is 172. The summed E-state index contributed by atoms with van der Waals surface area (Å²) in [5.41, 5.74) is 0. The van der Waals surface area contributed by atoms with Crippen LogP contribution in [0.3, 0.4) is 0 Å². The van der Waals surface area contributed by atoms with E-state index in [4.69, 9.17) is 0 Å². The zero-order valence-electron chi connectivity index (χ0n) is 13.5. The van der Waals surface area contributed by atoms with E-state index in [9.17, 15) is 4.55 Å². The minimum absolute atomic E-state index is 0.165. The van der Waals surface area contributed by atoms with Crippen molar-refractivity contribution in [2.45, 2.75) is 109 Å². The molecule has 0 aromatic carbocycles. The third kappa shape index (κ3) is 9.79. The average Bonchev–Trinajstić information content (AvgIpc) is 2.43. The first kappa shape index (κ1) is 19.3. The van der Waals surface area contributed by atoms with Gasteiger partial charge in [0, 0.05) is 4.75 Å². The van der Waals surface area contributed by atoms with E-state index in [-0.39, 0.29) is 4.75 Å². The molecule has 0 spiro atoms. The lowest BCUT2D eigenvalue weighted by molar-refractivity contribution is 0.396. The number of unbranched alkanes of at least 4 members (excludes halogenated alkanes) is 7. The van der Waals surface area contributed by atoms with Crippen molar-refractivity contribution in [2.24, 2.45) is 0 Å². The number of hydrogen-bond donors (Lipinski definition) is 1. The smallest absolute Gasteiger partial charge is 0.0420 e. The first-order chi connectivity index (χ1) is 9.24. The van der Waals surface area contributed by atoms with E-state index in [1.807, 2.05) is 0 Å². The van der Waals surface area contributed by atoms with Crippen LogP contribution in [0.25, 0.3) is 0 Å². The van der Waals surface area contributed by atoms with Crippen LogP contribution in [-0.4, -0.2) is 9.30 Å². The van der Waals surface area contributed by atoms with E-state index in [1.165, 1.54) is 95.5 Å². The summed E-state index contributed by atoms with van der Waals surface area (Å²) in [7, 11) is 0. The third-order valence-electron chi connectivity index (χ3n) is 4.15. The van der Waals surface area contributed by atoms with E-state index in [0.717, 1.165) is 0 Å². The SMILES string of the molecule is CCCCCCC(CCCCC)(CCCCC)SO. The second kappa shape index (κ2) is 13.3. The van der Waals surface area contributed by atoms with Gasteiger partial charge in [-0.25, -0.2) is 0 Å². The Morgan fingerprint density at radius 1 is 0.632 bits per heavy atom. The van der Waals surface area contributed by atoms with Crippen molar-refractivity contribution in [1.29, 1.82) is 0 Å². The van der Waals surface area contributed by atoms with Crippen molar-refractivity contribution in [3.63, 3.8) is 0 Å². The summed E-state index contributed by atoms with van der Waals surface area (Å²) in [5.74, 6) is 0. The van der Waals surface area contributed by atoms with Crippen LogP contribution in [0.1, 0.15) is 104 Å². The maximum Gasteiger partial charge on any atom is 0.0420 e. The molecule has 0 amide bonds. The quantitative estimate of drug-likeness (QED) is 0.272. The van der Waals surface area contributed by atoms with Crippen LogP contribution in [0.5, 0.6) is 0 Å². The van der Waals surface area contributed by atoms with E-state index < -0.39 is 0 Å². The molecule has 2 heteroatoms. The Balaban J connectivity index is 4.20. The van der Waals surface area contributed by atoms with E-state index in [2.05, 4.69) is 20.8 Å². The zero-order chi connectivity index (χ0) is 14.4. The van der Waals surface area contributed by atoms with Gasteiger partial charge in [-0.3, -0.25) is 0 Å². The first-order valence-electron chi connectivity index (χ1n) is 8.57. The fourth-order valence-corrected chi connectivity index (χ4v) is 3.49. The summed E-state index contributed by atoms with van der Waals surface area (Å²) < 4.78 is 10.0. The van der Waals surface area contributed by atoms with E-state index in [1.54, 1.807) is 0 Å². The highest BCUT2D eigenvalue weighted by molar-refractivity contribution is 7.95. The Morgan fingerprint density at radius 3 is 1.37 bits per heavy atom. The lowest BCUT2D eigenvalue weighted by Crippen LogP contribution is -2.24. The molecule has 0 unspecified atom stereocenters. The van der Waals surface area contributed by atoms with Crippen molar-refractivity contribution in [3.8, 4) is 0 Å². The largest absolute Gasteiger partial charge is 0.329 e. The van der Waals surface area contributed by atoms with Crippen molar-refractivity contribution in [1.82, 2.24) is 0 Å². The third-order valence-corrected chi connectivity index (χ3v) is 5.15. The molecule has 0 atom stereocenters. The lowest BCUT2D eigenvalue weighted by atomic mass is 9.89. The second-order valence-corrected chi connectivity index (χ2v) is 7.05. The maximum atomic E-state index is 9.85. The molecule has 0 radical (unpaired) electrons. The molecular formula is C17H36OS. The van der Waals surface area contributed by atoms with Gasteiger partial charge in [-0.15, -0.1) is 0 Å². The van der Waals surface area contributed by atoms with Gasteiger partial charge in [0.25, 0.3) is 0 Å². The van der Waals surface area contributed by atoms with Gasteiger partial charge in [-0.1, -0.05) is 85.0 Å². The van der Waals surface area contributed by atoms with Crippen molar-refractivity contribution in [2.75, 3.05) is 0 Å². The average molecular weight is 289 g/mol. The predicted octanol–water partition coefficient (Wildman–Crippen LogP) is 7.06. The summed E-state index contributed by atoms with van der Waals surface area (Å²) in [5, 5.41) is 0. The zero-order valence-corrected chi connectivity index (χ0v) is 14.4. The highest BCUT2D eigenvalue weighted by atomic mass is 32.2. The summed E-state index contributed by atoms with van der Waals surface area (Å²) in [6.45, 7) is 6.77. The predicted molar refractivity (Wildman–Crippen MR) is 90.0 cm³/mol. The Hall–Kier alpha value is 0.310. The van der Waals surface area contributed by atoms with Crippen LogP contribution in [0.2, 0.25) is 0 Å². The fourth-order valence-electron chi connectivity index (χ4n) is 2.78. The Kier molecular flexibility index (Phi) is 13.5. The fraction of sp³-hybridized carbons (Fsp3) is 1.00. The molecular weight excluding hydrogens is 252 g/mol. The molecule has 0 aliphatic heterocycles. The van der Waals surface area contributed by atoms with Gasteiger partial charge < -0.3 is 4.55 Å². The highest BCUT2D eigenvalue weighted by Crippen LogP contribution is 2.39. The summed E-state index contributed by atoms with van der Waals surface area (Å²) in [6, 6.07) is 0. The first-order valence-corrected chi connectivity index (χ1v) is 9.34. The molecule has 0 fully saturated rings. The molecule has 0 aromatic rings. The molecule has 0 saturated heterocycles. The standard InChI is InChI=1S/C17H36OS/c1-4-7-10-13-16-17(19-18,14-11-8-5-2)15-12-9-6-3/h18H,4-16H2,1-3H3. The van der Waals surface area contributed by atoms with Gasteiger partial charge in [0.05, 0.1) is 0 Å². The summed E-state index contributed by atoms with van der Waals surface area (Å²) >= 11 is 1.18.